The molecule has 0 bridgehead atoms. The molecule has 0 fully saturated rings. The lowest BCUT2D eigenvalue weighted by Crippen LogP contribution is -2.23. The molecule has 0 unspecified atom stereocenters. The van der Waals surface area contributed by atoms with Crippen LogP contribution in [0.4, 0.5) is 0 Å². The number of fused-ring (bicyclic) bond motifs is 3. The molecule has 0 aliphatic rings. The summed E-state index contributed by atoms with van der Waals surface area (Å²) in [5.41, 5.74) is 3.36. The van der Waals surface area contributed by atoms with Crippen molar-refractivity contribution in [2.24, 2.45) is 0 Å². The summed E-state index contributed by atoms with van der Waals surface area (Å²) in [6, 6.07) is 21.0. The molecule has 0 N–H and O–H groups in total. The second kappa shape index (κ2) is 8.19. The topological polar surface area (TPSA) is 26.4 Å². The summed E-state index contributed by atoms with van der Waals surface area (Å²) >= 11 is 23.1. The Bertz CT molecular complexity index is 1590. The normalized spacial score (nSPS) is 11.5. The monoisotopic (exact) mass is 546 g/mol. The summed E-state index contributed by atoms with van der Waals surface area (Å²) < 4.78 is 5.42. The Hall–Kier alpha value is -1.96. The third kappa shape index (κ3) is 3.66. The lowest BCUT2D eigenvalue weighted by Gasteiger charge is -2.14. The summed E-state index contributed by atoms with van der Waals surface area (Å²) in [5.74, 6) is 0. The Balaban J connectivity index is 1.89. The average Bonchev–Trinajstić information content (AvgIpc) is 3.11. The van der Waals surface area contributed by atoms with Crippen molar-refractivity contribution in [3.63, 3.8) is 0 Å². The summed E-state index contributed by atoms with van der Waals surface area (Å²) in [7, 11) is 0. The molecular weight excluding hydrogens is 535 g/mol. The van der Waals surface area contributed by atoms with E-state index in [0.29, 0.717) is 25.9 Å². The van der Waals surface area contributed by atoms with Crippen molar-refractivity contribution in [2.45, 2.75) is 6.54 Å². The van der Waals surface area contributed by atoms with Gasteiger partial charge in [-0.2, -0.15) is 0 Å². The van der Waals surface area contributed by atoms with E-state index in [-0.39, 0.29) is 5.56 Å². The van der Waals surface area contributed by atoms with Crippen molar-refractivity contribution in [1.29, 1.82) is 0 Å². The number of aromatic nitrogens is 2. The molecule has 154 valence electrons. The van der Waals surface area contributed by atoms with Gasteiger partial charge in [0.05, 0.1) is 32.4 Å². The van der Waals surface area contributed by atoms with E-state index >= 15 is 0 Å². The lowest BCUT2D eigenvalue weighted by molar-refractivity contribution is 0.780. The third-order valence-corrected chi connectivity index (χ3v) is 7.78. The zero-order valence-corrected chi connectivity index (χ0v) is 20.5. The standard InChI is InChI=1S/C23H13BrCl2N2OS2/c24-15-8-5-13(6-9-15)12-27-21-20(14-7-10-17(25)18(26)11-14)31-23(30)28(21)19-4-2-1-3-16(19)22(27)29/h1-11H,12H2. The molecule has 3 aromatic carbocycles. The number of hydrogen-bond acceptors (Lipinski definition) is 3. The quantitative estimate of drug-likeness (QED) is 0.215. The van der Waals surface area contributed by atoms with Crippen molar-refractivity contribution in [1.82, 2.24) is 8.97 Å². The van der Waals surface area contributed by atoms with Crippen LogP contribution >= 0.6 is 62.7 Å². The highest BCUT2D eigenvalue weighted by Gasteiger charge is 2.19. The van der Waals surface area contributed by atoms with E-state index in [1.54, 1.807) is 10.6 Å². The van der Waals surface area contributed by atoms with E-state index in [1.165, 1.54) is 11.3 Å². The van der Waals surface area contributed by atoms with Gasteiger partial charge in [-0.05, 0) is 59.7 Å². The van der Waals surface area contributed by atoms with Gasteiger partial charge in [-0.15, -0.1) is 11.3 Å². The first-order valence-electron chi connectivity index (χ1n) is 9.31. The zero-order chi connectivity index (χ0) is 21.7. The van der Waals surface area contributed by atoms with Gasteiger partial charge in [0, 0.05) is 4.47 Å². The molecule has 0 saturated carbocycles. The van der Waals surface area contributed by atoms with Crippen molar-refractivity contribution in [2.75, 3.05) is 0 Å². The fourth-order valence-corrected chi connectivity index (χ4v) is 5.64. The van der Waals surface area contributed by atoms with Gasteiger partial charge in [-0.25, -0.2) is 0 Å². The van der Waals surface area contributed by atoms with Crippen LogP contribution in [0.15, 0.2) is 76.0 Å². The largest absolute Gasteiger partial charge is 0.288 e. The van der Waals surface area contributed by atoms with E-state index in [0.717, 1.165) is 31.6 Å². The SMILES string of the molecule is O=c1c2ccccc2n2c(=S)sc(-c3ccc(Cl)c(Cl)c3)c2n1Cc1ccc(Br)cc1. The molecule has 0 amide bonds. The maximum Gasteiger partial charge on any atom is 0.261 e. The molecule has 0 saturated heterocycles. The fraction of sp³-hybridized carbons (Fsp3) is 0.0435. The van der Waals surface area contributed by atoms with Crippen LogP contribution < -0.4 is 5.56 Å². The Kier molecular flexibility index (Phi) is 5.52. The first-order chi connectivity index (χ1) is 14.9. The zero-order valence-electron chi connectivity index (χ0n) is 15.8. The molecule has 3 nitrogen and oxygen atoms in total. The van der Waals surface area contributed by atoms with E-state index in [4.69, 9.17) is 35.4 Å². The Morgan fingerprint density at radius 3 is 2.45 bits per heavy atom. The van der Waals surface area contributed by atoms with Gasteiger partial charge < -0.3 is 0 Å². The predicted molar refractivity (Wildman–Crippen MR) is 137 cm³/mol. The Labute approximate surface area is 205 Å². The first-order valence-corrected chi connectivity index (χ1v) is 12.1. The van der Waals surface area contributed by atoms with Crippen molar-refractivity contribution in [3.8, 4) is 10.4 Å². The highest BCUT2D eigenvalue weighted by molar-refractivity contribution is 9.10. The van der Waals surface area contributed by atoms with Crippen molar-refractivity contribution in [3.05, 3.63) is 101 Å². The summed E-state index contributed by atoms with van der Waals surface area (Å²) in [5, 5.41) is 1.57. The Morgan fingerprint density at radius 2 is 1.71 bits per heavy atom. The smallest absolute Gasteiger partial charge is 0.261 e. The average molecular weight is 548 g/mol. The maximum atomic E-state index is 13.6. The van der Waals surface area contributed by atoms with E-state index in [1.807, 2.05) is 65.1 Å². The van der Waals surface area contributed by atoms with Crippen molar-refractivity contribution >= 4 is 79.2 Å². The fourth-order valence-electron chi connectivity index (χ4n) is 3.66. The summed E-state index contributed by atoms with van der Waals surface area (Å²) in [6.45, 7) is 0.417. The van der Waals surface area contributed by atoms with E-state index in [2.05, 4.69) is 15.9 Å². The molecule has 8 heteroatoms. The highest BCUT2D eigenvalue weighted by atomic mass is 79.9. The van der Waals surface area contributed by atoms with Gasteiger partial charge in [-0.3, -0.25) is 13.8 Å². The lowest BCUT2D eigenvalue weighted by atomic mass is 10.1. The molecular formula is C23H13BrCl2N2OS2. The van der Waals surface area contributed by atoms with Crippen LogP contribution in [0.25, 0.3) is 27.0 Å². The van der Waals surface area contributed by atoms with Crippen LogP contribution in [0, 0.1) is 3.95 Å². The number of benzene rings is 3. The van der Waals surface area contributed by atoms with Crippen LogP contribution in [-0.2, 0) is 6.54 Å². The molecule has 5 rings (SSSR count). The number of rotatable bonds is 3. The summed E-state index contributed by atoms with van der Waals surface area (Å²) in [6.07, 6.45) is 0. The van der Waals surface area contributed by atoms with Gasteiger partial charge in [0.15, 0.2) is 3.95 Å². The van der Waals surface area contributed by atoms with Gasteiger partial charge >= 0.3 is 0 Å². The highest BCUT2D eigenvalue weighted by Crippen LogP contribution is 2.36. The van der Waals surface area contributed by atoms with Gasteiger partial charge in [0.25, 0.3) is 5.56 Å². The minimum Gasteiger partial charge on any atom is -0.288 e. The predicted octanol–water partition coefficient (Wildman–Crippen LogP) is 7.83. The molecule has 0 spiro atoms. The Morgan fingerprint density at radius 1 is 0.968 bits per heavy atom. The second-order valence-corrected chi connectivity index (χ2v) is 10.4. The second-order valence-electron chi connectivity index (χ2n) is 7.02. The maximum absolute atomic E-state index is 13.6. The van der Waals surface area contributed by atoms with Gasteiger partial charge in [0.2, 0.25) is 0 Å². The molecule has 0 atom stereocenters. The van der Waals surface area contributed by atoms with E-state index < -0.39 is 0 Å². The van der Waals surface area contributed by atoms with E-state index in [9.17, 15) is 4.79 Å². The minimum absolute atomic E-state index is 0.0624. The number of nitrogens with zero attached hydrogens (tertiary/aromatic N) is 2. The molecule has 0 radical (unpaired) electrons. The number of hydrogen-bond donors (Lipinski definition) is 0. The van der Waals surface area contributed by atoms with Gasteiger partial charge in [0.1, 0.15) is 5.65 Å². The van der Waals surface area contributed by atoms with Crippen LogP contribution in [0.1, 0.15) is 5.56 Å². The van der Waals surface area contributed by atoms with Crippen LogP contribution in [0.5, 0.6) is 0 Å². The minimum atomic E-state index is -0.0624. The van der Waals surface area contributed by atoms with Gasteiger partial charge in [-0.1, -0.05) is 69.5 Å². The van der Waals surface area contributed by atoms with Crippen LogP contribution in [-0.4, -0.2) is 8.97 Å². The molecule has 2 heterocycles. The molecule has 31 heavy (non-hydrogen) atoms. The number of para-hydroxylation sites is 1. The third-order valence-electron chi connectivity index (χ3n) is 5.10. The molecule has 5 aromatic rings. The molecule has 0 aliphatic heterocycles. The molecule has 0 aliphatic carbocycles. The summed E-state index contributed by atoms with van der Waals surface area (Å²) in [4.78, 5) is 14.5. The van der Waals surface area contributed by atoms with Crippen LogP contribution in [0.2, 0.25) is 10.0 Å². The number of halogens is 3. The first kappa shape index (κ1) is 20.9. The molecule has 2 aromatic heterocycles. The van der Waals surface area contributed by atoms with Crippen molar-refractivity contribution < 1.29 is 0 Å². The van der Waals surface area contributed by atoms with Crippen LogP contribution in [0.3, 0.4) is 0 Å². The number of thiazole rings is 1.